The van der Waals surface area contributed by atoms with E-state index in [-0.39, 0.29) is 11.8 Å². The highest BCUT2D eigenvalue weighted by molar-refractivity contribution is 8.15. The quantitative estimate of drug-likeness (QED) is 0.547. The molecule has 0 fully saturated rings. The van der Waals surface area contributed by atoms with Gasteiger partial charge in [-0.15, -0.1) is 0 Å². The number of thioether (sulfide) groups is 1. The number of amides is 2. The number of rotatable bonds is 4. The predicted molar refractivity (Wildman–Crippen MR) is 133 cm³/mol. The Morgan fingerprint density at radius 3 is 2.48 bits per heavy atom. The maximum Gasteiger partial charge on any atom is 0.263 e. The highest BCUT2D eigenvalue weighted by Gasteiger charge is 2.42. The molecule has 2 atom stereocenters. The number of hydrogen-bond donors (Lipinski definition) is 1. The summed E-state index contributed by atoms with van der Waals surface area (Å²) in [5, 5.41) is 3.41. The van der Waals surface area contributed by atoms with Gasteiger partial charge in [0.25, 0.3) is 5.91 Å². The lowest BCUT2D eigenvalue weighted by Crippen LogP contribution is -2.41. The summed E-state index contributed by atoms with van der Waals surface area (Å²) in [5.74, 6) is 0.183. The molecule has 0 unspecified atom stereocenters. The molecule has 0 saturated carbocycles. The summed E-state index contributed by atoms with van der Waals surface area (Å²) in [5.41, 5.74) is 2.99. The van der Waals surface area contributed by atoms with E-state index >= 15 is 0 Å². The van der Waals surface area contributed by atoms with Crippen molar-refractivity contribution in [3.8, 4) is 0 Å². The smallest absolute Gasteiger partial charge is 0.263 e. The van der Waals surface area contributed by atoms with Crippen LogP contribution in [-0.4, -0.2) is 33.0 Å². The van der Waals surface area contributed by atoms with Gasteiger partial charge in [0.2, 0.25) is 5.91 Å². The lowest BCUT2D eigenvalue weighted by atomic mass is 10.1. The van der Waals surface area contributed by atoms with Crippen molar-refractivity contribution in [2.24, 2.45) is 9.98 Å². The molecule has 6 nitrogen and oxygen atoms in total. The Balaban J connectivity index is 1.43. The van der Waals surface area contributed by atoms with Gasteiger partial charge in [0.1, 0.15) is 5.84 Å². The molecule has 1 N–H and O–H groups in total. The molecular weight excluding hydrogens is 456 g/mol. The van der Waals surface area contributed by atoms with Crippen LogP contribution in [0.5, 0.6) is 0 Å². The van der Waals surface area contributed by atoms with E-state index < -0.39 is 11.3 Å². The van der Waals surface area contributed by atoms with Gasteiger partial charge in [0, 0.05) is 16.3 Å². The second-order valence-electron chi connectivity index (χ2n) is 7.61. The second-order valence-corrected chi connectivity index (χ2v) is 9.35. The molecule has 0 saturated heterocycles. The number of para-hydroxylation sites is 1. The van der Waals surface area contributed by atoms with Crippen LogP contribution in [0.15, 0.2) is 88.8 Å². The fraction of sp³-hybridized carbons (Fsp3) is 0.120. The number of carbonyl (C=O) groups is 2. The molecule has 2 aliphatic heterocycles. The van der Waals surface area contributed by atoms with Crippen molar-refractivity contribution in [1.29, 1.82) is 0 Å². The summed E-state index contributed by atoms with van der Waals surface area (Å²) in [4.78, 5) is 37.3. The van der Waals surface area contributed by atoms with Gasteiger partial charge in [-0.25, -0.2) is 14.9 Å². The minimum atomic E-state index is -0.642. The highest BCUT2D eigenvalue weighted by Crippen LogP contribution is 2.38. The van der Waals surface area contributed by atoms with E-state index in [2.05, 4.69) is 5.32 Å². The van der Waals surface area contributed by atoms with Gasteiger partial charge in [-0.2, -0.15) is 0 Å². The third-order valence-electron chi connectivity index (χ3n) is 5.35. The minimum absolute atomic E-state index is 0.178. The minimum Gasteiger partial charge on any atom is -0.325 e. The number of amidine groups is 2. The molecule has 3 aromatic carbocycles. The second kappa shape index (κ2) is 8.84. The number of anilines is 1. The maximum absolute atomic E-state index is 13.4. The topological polar surface area (TPSA) is 74.1 Å². The summed E-state index contributed by atoms with van der Waals surface area (Å²) in [6.07, 6.45) is 0. The number of nitrogens with one attached hydrogen (secondary N) is 1. The first-order chi connectivity index (χ1) is 16.0. The largest absolute Gasteiger partial charge is 0.325 e. The molecule has 0 radical (unpaired) electrons. The van der Waals surface area contributed by atoms with E-state index in [1.165, 1.54) is 16.7 Å². The number of benzene rings is 3. The predicted octanol–water partition coefficient (Wildman–Crippen LogP) is 5.43. The number of nitrogens with zero attached hydrogens (tertiary/aromatic N) is 3. The SMILES string of the molecule is C[C@@H](SC1=Nc2ccccc2C2=N[C@@H](c3ccccc3)C(=O)N12)C(=O)Nc1ccc(Cl)cc1. The van der Waals surface area contributed by atoms with E-state index in [0.717, 1.165) is 16.8 Å². The van der Waals surface area contributed by atoms with Crippen LogP contribution in [0, 0.1) is 0 Å². The van der Waals surface area contributed by atoms with Gasteiger partial charge >= 0.3 is 0 Å². The van der Waals surface area contributed by atoms with Crippen LogP contribution in [0.25, 0.3) is 0 Å². The Labute approximate surface area is 200 Å². The molecule has 2 aliphatic rings. The lowest BCUT2D eigenvalue weighted by molar-refractivity contribution is -0.124. The third kappa shape index (κ3) is 4.17. The van der Waals surface area contributed by atoms with E-state index in [1.807, 2.05) is 54.6 Å². The Kier molecular flexibility index (Phi) is 5.74. The molecule has 2 heterocycles. The molecule has 0 spiro atoms. The Bertz CT molecular complexity index is 1290. The number of fused-ring (bicyclic) bond motifs is 3. The summed E-state index contributed by atoms with van der Waals surface area (Å²) in [6.45, 7) is 1.78. The first kappa shape index (κ1) is 21.4. The van der Waals surface area contributed by atoms with Gasteiger partial charge in [0.05, 0.1) is 10.9 Å². The molecule has 0 aromatic heterocycles. The lowest BCUT2D eigenvalue weighted by Gasteiger charge is -2.26. The number of hydrogen-bond acceptors (Lipinski definition) is 5. The van der Waals surface area contributed by atoms with Gasteiger partial charge < -0.3 is 5.32 Å². The zero-order valence-corrected chi connectivity index (χ0v) is 19.2. The van der Waals surface area contributed by atoms with E-state index in [9.17, 15) is 9.59 Å². The Morgan fingerprint density at radius 1 is 1.03 bits per heavy atom. The van der Waals surface area contributed by atoms with Crippen LogP contribution in [0.4, 0.5) is 11.4 Å². The van der Waals surface area contributed by atoms with Crippen molar-refractivity contribution < 1.29 is 9.59 Å². The zero-order valence-electron chi connectivity index (χ0n) is 17.6. The molecule has 33 heavy (non-hydrogen) atoms. The average molecular weight is 475 g/mol. The average Bonchev–Trinajstić information content (AvgIpc) is 3.19. The van der Waals surface area contributed by atoms with Crippen LogP contribution < -0.4 is 5.32 Å². The number of halogens is 1. The van der Waals surface area contributed by atoms with Gasteiger partial charge in [0.15, 0.2) is 11.2 Å². The van der Waals surface area contributed by atoms with Crippen molar-refractivity contribution in [3.63, 3.8) is 0 Å². The molecule has 164 valence electrons. The summed E-state index contributed by atoms with van der Waals surface area (Å²) in [7, 11) is 0. The van der Waals surface area contributed by atoms with Crippen LogP contribution >= 0.6 is 23.4 Å². The van der Waals surface area contributed by atoms with Crippen LogP contribution in [-0.2, 0) is 9.59 Å². The first-order valence-electron chi connectivity index (χ1n) is 10.4. The summed E-state index contributed by atoms with van der Waals surface area (Å²) < 4.78 is 0. The first-order valence-corrected chi connectivity index (χ1v) is 11.6. The molecule has 3 aromatic rings. The highest BCUT2D eigenvalue weighted by atomic mass is 35.5. The molecule has 2 amide bonds. The zero-order chi connectivity index (χ0) is 22.9. The van der Waals surface area contributed by atoms with Crippen LogP contribution in [0.1, 0.15) is 24.1 Å². The normalized spacial score (nSPS) is 17.6. The standard InChI is InChI=1S/C25H19ClN4O2S/c1-15(23(31)27-18-13-11-17(26)12-14-18)33-25-28-20-10-6-5-9-19(20)22-29-21(24(32)30(22)25)16-7-3-2-4-8-16/h2-15,21H,1H3,(H,27,31)/t15-,21+/m1/s1. The van der Waals surface area contributed by atoms with E-state index in [4.69, 9.17) is 21.6 Å². The molecule has 5 rings (SSSR count). The summed E-state index contributed by atoms with van der Waals surface area (Å²) in [6, 6.07) is 23.3. The molecule has 0 bridgehead atoms. The van der Waals surface area contributed by atoms with E-state index in [1.54, 1.807) is 31.2 Å². The molecule has 0 aliphatic carbocycles. The van der Waals surface area contributed by atoms with Crippen molar-refractivity contribution in [2.45, 2.75) is 18.2 Å². The van der Waals surface area contributed by atoms with Gasteiger partial charge in [-0.3, -0.25) is 9.59 Å². The number of aliphatic imine (C=N–C) groups is 2. The van der Waals surface area contributed by atoms with Crippen molar-refractivity contribution in [3.05, 3.63) is 95.0 Å². The van der Waals surface area contributed by atoms with Crippen LogP contribution in [0.2, 0.25) is 5.02 Å². The fourth-order valence-electron chi connectivity index (χ4n) is 3.67. The van der Waals surface area contributed by atoms with Crippen LogP contribution in [0.3, 0.4) is 0 Å². The Morgan fingerprint density at radius 2 is 1.73 bits per heavy atom. The third-order valence-corrected chi connectivity index (χ3v) is 6.65. The number of carbonyl (C=O) groups excluding carboxylic acids is 2. The van der Waals surface area contributed by atoms with Gasteiger partial charge in [-0.1, -0.05) is 65.8 Å². The van der Waals surface area contributed by atoms with Crippen molar-refractivity contribution in [2.75, 3.05) is 5.32 Å². The molecular formula is C25H19ClN4O2S. The summed E-state index contributed by atoms with van der Waals surface area (Å²) >= 11 is 7.15. The monoisotopic (exact) mass is 474 g/mol. The van der Waals surface area contributed by atoms with E-state index in [0.29, 0.717) is 21.7 Å². The fourth-order valence-corrected chi connectivity index (χ4v) is 4.71. The maximum atomic E-state index is 13.4. The Hall–Kier alpha value is -3.42. The van der Waals surface area contributed by atoms with Gasteiger partial charge in [-0.05, 0) is 48.9 Å². The molecule has 8 heteroatoms. The van der Waals surface area contributed by atoms with Crippen molar-refractivity contribution >= 4 is 57.6 Å². The van der Waals surface area contributed by atoms with Crippen molar-refractivity contribution in [1.82, 2.24) is 4.90 Å².